The van der Waals surface area contributed by atoms with Crippen LogP contribution in [0.2, 0.25) is 5.15 Å². The Hall–Kier alpha value is -0.650. The summed E-state index contributed by atoms with van der Waals surface area (Å²) in [5.74, 6) is -0.0534. The monoisotopic (exact) mass is 333 g/mol. The number of carbonyl (C=O) groups is 1. The summed E-state index contributed by atoms with van der Waals surface area (Å²) in [7, 11) is 0. The van der Waals surface area contributed by atoms with Gasteiger partial charge in [-0.05, 0) is 35.0 Å². The summed E-state index contributed by atoms with van der Waals surface area (Å²) in [4.78, 5) is 15.6. The van der Waals surface area contributed by atoms with Gasteiger partial charge < -0.3 is 10.6 Å². The standard InChI is InChI=1S/C12H17BrClN3O/c1-8(2)15-5-3-4-11(18)17-10-6-9(13)7-16-12(10)14/h6-8,15H,3-5H2,1-2H3,(H,17,18). The molecule has 100 valence electrons. The van der Waals surface area contributed by atoms with Gasteiger partial charge in [-0.25, -0.2) is 4.98 Å². The first-order valence-corrected chi connectivity index (χ1v) is 7.00. The van der Waals surface area contributed by atoms with Gasteiger partial charge >= 0.3 is 0 Å². The lowest BCUT2D eigenvalue weighted by atomic mass is 10.2. The molecule has 0 radical (unpaired) electrons. The first-order chi connectivity index (χ1) is 8.49. The molecule has 1 amide bonds. The van der Waals surface area contributed by atoms with Crippen LogP contribution in [0.4, 0.5) is 5.69 Å². The molecule has 2 N–H and O–H groups in total. The van der Waals surface area contributed by atoms with Gasteiger partial charge in [0, 0.05) is 23.1 Å². The van der Waals surface area contributed by atoms with E-state index in [0.717, 1.165) is 17.4 Å². The first kappa shape index (κ1) is 15.4. The zero-order chi connectivity index (χ0) is 13.5. The largest absolute Gasteiger partial charge is 0.323 e. The van der Waals surface area contributed by atoms with E-state index in [1.807, 2.05) is 0 Å². The summed E-state index contributed by atoms with van der Waals surface area (Å²) in [6, 6.07) is 2.18. The van der Waals surface area contributed by atoms with Crippen LogP contribution in [0.15, 0.2) is 16.7 Å². The van der Waals surface area contributed by atoms with Crippen molar-refractivity contribution in [2.75, 3.05) is 11.9 Å². The van der Waals surface area contributed by atoms with Crippen LogP contribution < -0.4 is 10.6 Å². The van der Waals surface area contributed by atoms with Gasteiger partial charge in [0.25, 0.3) is 0 Å². The number of pyridine rings is 1. The number of rotatable bonds is 6. The average Bonchev–Trinajstić information content (AvgIpc) is 2.29. The third-order valence-electron chi connectivity index (χ3n) is 2.21. The molecule has 0 bridgehead atoms. The quantitative estimate of drug-likeness (QED) is 0.620. The van der Waals surface area contributed by atoms with Gasteiger partial charge in [-0.3, -0.25) is 4.79 Å². The Morgan fingerprint density at radius 3 is 2.94 bits per heavy atom. The zero-order valence-corrected chi connectivity index (χ0v) is 12.8. The molecule has 18 heavy (non-hydrogen) atoms. The molecule has 0 spiro atoms. The van der Waals surface area contributed by atoms with Crippen molar-refractivity contribution in [3.8, 4) is 0 Å². The Bertz CT molecular complexity index is 412. The van der Waals surface area contributed by atoms with Crippen LogP contribution in [0, 0.1) is 0 Å². The summed E-state index contributed by atoms with van der Waals surface area (Å²) in [6.07, 6.45) is 2.84. The second kappa shape index (κ2) is 7.71. The SMILES string of the molecule is CC(C)NCCCC(=O)Nc1cc(Br)cnc1Cl. The fourth-order valence-corrected chi connectivity index (χ4v) is 1.84. The summed E-state index contributed by atoms with van der Waals surface area (Å²) in [5, 5.41) is 6.31. The fraction of sp³-hybridized carbons (Fsp3) is 0.500. The highest BCUT2D eigenvalue weighted by atomic mass is 79.9. The van der Waals surface area contributed by atoms with Crippen LogP contribution in [0.3, 0.4) is 0 Å². The maximum atomic E-state index is 11.7. The minimum atomic E-state index is -0.0534. The number of aromatic nitrogens is 1. The molecule has 0 saturated carbocycles. The molecule has 0 saturated heterocycles. The van der Waals surface area contributed by atoms with E-state index in [-0.39, 0.29) is 5.91 Å². The highest BCUT2D eigenvalue weighted by Crippen LogP contribution is 2.23. The Labute approximate surface area is 121 Å². The van der Waals surface area contributed by atoms with E-state index >= 15 is 0 Å². The lowest BCUT2D eigenvalue weighted by Crippen LogP contribution is -2.24. The molecule has 6 heteroatoms. The Kier molecular flexibility index (Phi) is 6.60. The summed E-state index contributed by atoms with van der Waals surface area (Å²) in [5.41, 5.74) is 0.535. The molecular weight excluding hydrogens is 318 g/mol. The molecule has 0 aromatic carbocycles. The summed E-state index contributed by atoms with van der Waals surface area (Å²) >= 11 is 9.17. The van der Waals surface area contributed by atoms with Crippen molar-refractivity contribution in [2.24, 2.45) is 0 Å². The van der Waals surface area contributed by atoms with Crippen LogP contribution in [-0.2, 0) is 4.79 Å². The minimum absolute atomic E-state index is 0.0534. The van der Waals surface area contributed by atoms with Crippen molar-refractivity contribution in [1.29, 1.82) is 0 Å². The Morgan fingerprint density at radius 2 is 2.28 bits per heavy atom. The van der Waals surface area contributed by atoms with Crippen molar-refractivity contribution in [3.63, 3.8) is 0 Å². The number of halogens is 2. The molecule has 0 aliphatic rings. The van der Waals surface area contributed by atoms with Crippen LogP contribution in [0.5, 0.6) is 0 Å². The normalized spacial score (nSPS) is 10.7. The highest BCUT2D eigenvalue weighted by molar-refractivity contribution is 9.10. The van der Waals surface area contributed by atoms with Crippen molar-refractivity contribution < 1.29 is 4.79 Å². The van der Waals surface area contributed by atoms with E-state index in [0.29, 0.717) is 23.3 Å². The molecule has 1 heterocycles. The fourth-order valence-electron chi connectivity index (χ4n) is 1.36. The summed E-state index contributed by atoms with van der Waals surface area (Å²) in [6.45, 7) is 4.98. The van der Waals surface area contributed by atoms with Crippen molar-refractivity contribution in [2.45, 2.75) is 32.7 Å². The number of nitrogens with one attached hydrogen (secondary N) is 2. The number of nitrogens with zero attached hydrogens (tertiary/aromatic N) is 1. The van der Waals surface area contributed by atoms with Crippen LogP contribution in [0.1, 0.15) is 26.7 Å². The molecule has 0 unspecified atom stereocenters. The predicted octanol–water partition coefficient (Wildman–Crippen LogP) is 3.21. The van der Waals surface area contributed by atoms with Crippen LogP contribution >= 0.6 is 27.5 Å². The molecule has 0 fully saturated rings. The van der Waals surface area contributed by atoms with E-state index in [1.54, 1.807) is 12.3 Å². The van der Waals surface area contributed by atoms with Gasteiger partial charge in [0.05, 0.1) is 5.69 Å². The van der Waals surface area contributed by atoms with Gasteiger partial charge in [-0.2, -0.15) is 0 Å². The topological polar surface area (TPSA) is 54.0 Å². The molecule has 1 aromatic heterocycles. The lowest BCUT2D eigenvalue weighted by Gasteiger charge is -2.09. The third-order valence-corrected chi connectivity index (χ3v) is 2.95. The second-order valence-corrected chi connectivity index (χ2v) is 5.53. The molecule has 0 atom stereocenters. The second-order valence-electron chi connectivity index (χ2n) is 4.25. The van der Waals surface area contributed by atoms with E-state index in [9.17, 15) is 4.79 Å². The summed E-state index contributed by atoms with van der Waals surface area (Å²) < 4.78 is 0.781. The van der Waals surface area contributed by atoms with Gasteiger partial charge in [-0.15, -0.1) is 0 Å². The van der Waals surface area contributed by atoms with Crippen molar-refractivity contribution >= 4 is 39.1 Å². The first-order valence-electron chi connectivity index (χ1n) is 5.83. The smallest absolute Gasteiger partial charge is 0.224 e. The molecular formula is C12H17BrClN3O. The van der Waals surface area contributed by atoms with Gasteiger partial charge in [-0.1, -0.05) is 25.4 Å². The number of carbonyl (C=O) groups excluding carboxylic acids is 1. The van der Waals surface area contributed by atoms with Crippen molar-refractivity contribution in [3.05, 3.63) is 21.9 Å². The predicted molar refractivity (Wildman–Crippen MR) is 77.9 cm³/mol. The lowest BCUT2D eigenvalue weighted by molar-refractivity contribution is -0.116. The van der Waals surface area contributed by atoms with Gasteiger partial charge in [0.15, 0.2) is 5.15 Å². The average molecular weight is 335 g/mol. The van der Waals surface area contributed by atoms with E-state index < -0.39 is 0 Å². The van der Waals surface area contributed by atoms with E-state index in [4.69, 9.17) is 11.6 Å². The molecule has 4 nitrogen and oxygen atoms in total. The van der Waals surface area contributed by atoms with Crippen LogP contribution in [-0.4, -0.2) is 23.5 Å². The molecule has 1 rings (SSSR count). The van der Waals surface area contributed by atoms with Gasteiger partial charge in [0.1, 0.15) is 0 Å². The van der Waals surface area contributed by atoms with Crippen LogP contribution in [0.25, 0.3) is 0 Å². The van der Waals surface area contributed by atoms with E-state index in [1.165, 1.54) is 0 Å². The number of anilines is 1. The van der Waals surface area contributed by atoms with Crippen molar-refractivity contribution in [1.82, 2.24) is 10.3 Å². The number of amides is 1. The maximum Gasteiger partial charge on any atom is 0.224 e. The highest BCUT2D eigenvalue weighted by Gasteiger charge is 2.07. The number of hydrogen-bond donors (Lipinski definition) is 2. The molecule has 0 aliphatic heterocycles. The van der Waals surface area contributed by atoms with Gasteiger partial charge in [0.2, 0.25) is 5.91 Å². The van der Waals surface area contributed by atoms with E-state index in [2.05, 4.69) is 45.4 Å². The number of hydrogen-bond acceptors (Lipinski definition) is 3. The Balaban J connectivity index is 2.38. The third kappa shape index (κ3) is 5.80. The maximum absolute atomic E-state index is 11.7. The minimum Gasteiger partial charge on any atom is -0.323 e. The Morgan fingerprint density at radius 1 is 1.56 bits per heavy atom. The molecule has 0 aliphatic carbocycles. The molecule has 1 aromatic rings. The zero-order valence-electron chi connectivity index (χ0n) is 10.5.